The number of nitrogens with one attached hydrogen (secondary N) is 2. The van der Waals surface area contributed by atoms with Gasteiger partial charge in [-0.2, -0.15) is 0 Å². The molecule has 0 bridgehead atoms. The van der Waals surface area contributed by atoms with Crippen LogP contribution in [-0.2, 0) is 20.9 Å². The molecular weight excluding hydrogens is 376 g/mol. The van der Waals surface area contributed by atoms with Crippen molar-refractivity contribution in [3.63, 3.8) is 0 Å². The van der Waals surface area contributed by atoms with Gasteiger partial charge in [0.2, 0.25) is 5.91 Å². The number of esters is 1. The van der Waals surface area contributed by atoms with E-state index >= 15 is 0 Å². The van der Waals surface area contributed by atoms with Gasteiger partial charge in [-0.05, 0) is 24.1 Å². The van der Waals surface area contributed by atoms with Gasteiger partial charge in [0.1, 0.15) is 5.94 Å². The monoisotopic (exact) mass is 400 g/mol. The van der Waals surface area contributed by atoms with Crippen LogP contribution in [0.5, 0.6) is 0 Å². The predicted molar refractivity (Wildman–Crippen MR) is 109 cm³/mol. The molecule has 2 aromatic carbocycles. The van der Waals surface area contributed by atoms with Gasteiger partial charge in [-0.15, -0.1) is 0 Å². The Balaban J connectivity index is 1.81. The van der Waals surface area contributed by atoms with Crippen molar-refractivity contribution < 1.29 is 19.1 Å². The zero-order chi connectivity index (χ0) is 20.2. The molecule has 0 heterocycles. The molecule has 0 fully saturated rings. The van der Waals surface area contributed by atoms with E-state index in [1.807, 2.05) is 37.3 Å². The Morgan fingerprint density at radius 1 is 0.964 bits per heavy atom. The summed E-state index contributed by atoms with van der Waals surface area (Å²) in [5, 5.41) is 5.39. The first-order chi connectivity index (χ1) is 13.6. The fraction of sp³-hybridized carbons (Fsp3) is 0.286. The number of carbonyl (C=O) groups is 3. The van der Waals surface area contributed by atoms with Crippen molar-refractivity contribution in [1.29, 1.82) is 0 Å². The first-order valence-corrected chi connectivity index (χ1v) is 10.0. The molecule has 0 radical (unpaired) electrons. The SMILES string of the molecule is CCCC(=O)OCSc1ccccc1C(=O)NCC(=O)NCc1ccccc1. The molecule has 0 aliphatic rings. The van der Waals surface area contributed by atoms with Crippen molar-refractivity contribution in [2.24, 2.45) is 0 Å². The lowest BCUT2D eigenvalue weighted by molar-refractivity contribution is -0.141. The number of carbonyl (C=O) groups excluding carboxylic acids is 3. The summed E-state index contributed by atoms with van der Waals surface area (Å²) in [6, 6.07) is 16.5. The number of hydrogen-bond donors (Lipinski definition) is 2. The molecule has 0 aliphatic heterocycles. The van der Waals surface area contributed by atoms with Crippen LogP contribution in [-0.4, -0.2) is 30.3 Å². The summed E-state index contributed by atoms with van der Waals surface area (Å²) in [7, 11) is 0. The van der Waals surface area contributed by atoms with Crippen LogP contribution in [0, 0.1) is 0 Å². The van der Waals surface area contributed by atoms with E-state index in [1.54, 1.807) is 24.3 Å². The molecule has 0 spiro atoms. The highest BCUT2D eigenvalue weighted by atomic mass is 32.2. The molecule has 6 nitrogen and oxygen atoms in total. The van der Waals surface area contributed by atoms with Crippen molar-refractivity contribution in [2.75, 3.05) is 12.5 Å². The molecule has 2 rings (SSSR count). The van der Waals surface area contributed by atoms with E-state index in [1.165, 1.54) is 11.8 Å². The van der Waals surface area contributed by atoms with Crippen molar-refractivity contribution in [3.8, 4) is 0 Å². The van der Waals surface area contributed by atoms with Gasteiger partial charge >= 0.3 is 5.97 Å². The van der Waals surface area contributed by atoms with E-state index in [2.05, 4.69) is 10.6 Å². The third-order valence-corrected chi connectivity index (χ3v) is 4.66. The molecule has 28 heavy (non-hydrogen) atoms. The fourth-order valence-electron chi connectivity index (χ4n) is 2.33. The summed E-state index contributed by atoms with van der Waals surface area (Å²) in [6.45, 7) is 2.20. The Morgan fingerprint density at radius 3 is 2.43 bits per heavy atom. The van der Waals surface area contributed by atoms with Gasteiger partial charge in [-0.25, -0.2) is 0 Å². The predicted octanol–water partition coefficient (Wildman–Crippen LogP) is 3.13. The van der Waals surface area contributed by atoms with E-state index in [9.17, 15) is 14.4 Å². The fourth-order valence-corrected chi connectivity index (χ4v) is 3.14. The number of hydrogen-bond acceptors (Lipinski definition) is 5. The smallest absolute Gasteiger partial charge is 0.306 e. The minimum atomic E-state index is -0.349. The van der Waals surface area contributed by atoms with Crippen LogP contribution in [0.25, 0.3) is 0 Å². The van der Waals surface area contributed by atoms with E-state index in [4.69, 9.17) is 4.74 Å². The van der Waals surface area contributed by atoms with Gasteiger partial charge in [0.05, 0.1) is 12.1 Å². The van der Waals surface area contributed by atoms with Crippen molar-refractivity contribution in [1.82, 2.24) is 10.6 Å². The average Bonchev–Trinajstić information content (AvgIpc) is 2.72. The number of thioether (sulfide) groups is 1. The maximum absolute atomic E-state index is 12.4. The van der Waals surface area contributed by atoms with Crippen LogP contribution >= 0.6 is 11.8 Å². The number of rotatable bonds is 10. The Kier molecular flexibility index (Phi) is 9.07. The molecule has 0 saturated carbocycles. The van der Waals surface area contributed by atoms with E-state index < -0.39 is 0 Å². The maximum Gasteiger partial charge on any atom is 0.306 e. The zero-order valence-electron chi connectivity index (χ0n) is 15.8. The molecule has 2 aromatic rings. The van der Waals surface area contributed by atoms with Crippen LogP contribution in [0.2, 0.25) is 0 Å². The van der Waals surface area contributed by atoms with Crippen LogP contribution in [0.15, 0.2) is 59.5 Å². The normalized spacial score (nSPS) is 10.2. The molecule has 2 amide bonds. The molecule has 0 saturated heterocycles. The quantitative estimate of drug-likeness (QED) is 0.364. The lowest BCUT2D eigenvalue weighted by Gasteiger charge is -2.10. The zero-order valence-corrected chi connectivity index (χ0v) is 16.6. The van der Waals surface area contributed by atoms with E-state index in [0.717, 1.165) is 12.0 Å². The van der Waals surface area contributed by atoms with Gasteiger partial charge in [0.25, 0.3) is 5.91 Å². The summed E-state index contributed by atoms with van der Waals surface area (Å²) in [4.78, 5) is 36.5. The average molecular weight is 401 g/mol. The molecule has 0 aliphatic carbocycles. The lowest BCUT2D eigenvalue weighted by atomic mass is 10.2. The maximum atomic E-state index is 12.4. The molecule has 0 aromatic heterocycles. The summed E-state index contributed by atoms with van der Waals surface area (Å²) >= 11 is 1.27. The molecular formula is C21H24N2O4S. The summed E-state index contributed by atoms with van der Waals surface area (Å²) in [5.41, 5.74) is 1.43. The van der Waals surface area contributed by atoms with Crippen LogP contribution < -0.4 is 10.6 Å². The van der Waals surface area contributed by atoms with Crippen LogP contribution in [0.4, 0.5) is 0 Å². The van der Waals surface area contributed by atoms with Crippen LogP contribution in [0.1, 0.15) is 35.7 Å². The second-order valence-corrected chi connectivity index (χ2v) is 6.93. The third-order valence-electron chi connectivity index (χ3n) is 3.76. The first-order valence-electron chi connectivity index (χ1n) is 9.06. The Hall–Kier alpha value is -2.80. The molecule has 0 atom stereocenters. The number of amides is 2. The van der Waals surface area contributed by atoms with Gasteiger partial charge in [0.15, 0.2) is 0 Å². The van der Waals surface area contributed by atoms with Gasteiger partial charge in [0, 0.05) is 17.9 Å². The molecule has 2 N–H and O–H groups in total. The van der Waals surface area contributed by atoms with E-state index in [-0.39, 0.29) is 30.3 Å². The molecule has 0 unspecified atom stereocenters. The molecule has 148 valence electrons. The van der Waals surface area contributed by atoms with Crippen molar-refractivity contribution in [2.45, 2.75) is 31.2 Å². The van der Waals surface area contributed by atoms with Gasteiger partial charge < -0.3 is 15.4 Å². The Morgan fingerprint density at radius 2 is 1.68 bits per heavy atom. The van der Waals surface area contributed by atoms with Crippen molar-refractivity contribution in [3.05, 3.63) is 65.7 Å². The second-order valence-electron chi connectivity index (χ2n) is 5.97. The largest absolute Gasteiger partial charge is 0.454 e. The van der Waals surface area contributed by atoms with Gasteiger partial charge in [-0.1, -0.05) is 61.2 Å². The van der Waals surface area contributed by atoms with Crippen molar-refractivity contribution >= 4 is 29.5 Å². The minimum Gasteiger partial charge on any atom is -0.454 e. The highest BCUT2D eigenvalue weighted by Gasteiger charge is 2.13. The lowest BCUT2D eigenvalue weighted by Crippen LogP contribution is -2.36. The summed E-state index contributed by atoms with van der Waals surface area (Å²) in [6.07, 6.45) is 1.11. The highest BCUT2D eigenvalue weighted by Crippen LogP contribution is 2.22. The Bertz CT molecular complexity index is 796. The van der Waals surface area contributed by atoms with E-state index in [0.29, 0.717) is 23.4 Å². The topological polar surface area (TPSA) is 84.5 Å². The Labute approximate surface area is 169 Å². The van der Waals surface area contributed by atoms with Crippen LogP contribution in [0.3, 0.4) is 0 Å². The summed E-state index contributed by atoms with van der Waals surface area (Å²) in [5.74, 6) is -0.735. The summed E-state index contributed by atoms with van der Waals surface area (Å²) < 4.78 is 5.12. The number of ether oxygens (including phenoxy) is 1. The first kappa shape index (κ1) is 21.5. The minimum absolute atomic E-state index is 0.115. The van der Waals surface area contributed by atoms with Gasteiger partial charge in [-0.3, -0.25) is 14.4 Å². The third kappa shape index (κ3) is 7.44. The standard InChI is InChI=1S/C21H24N2O4S/c1-2-8-20(25)27-15-28-18-12-7-6-11-17(18)21(26)23-14-19(24)22-13-16-9-4-3-5-10-16/h3-7,9-12H,2,8,13-15H2,1H3,(H,22,24)(H,23,26). The number of benzene rings is 2. The molecule has 7 heteroatoms. The second kappa shape index (κ2) is 11.8. The highest BCUT2D eigenvalue weighted by molar-refractivity contribution is 7.99.